The summed E-state index contributed by atoms with van der Waals surface area (Å²) in [6.45, 7) is 11.5. The second-order valence-corrected chi connectivity index (χ2v) is 4.08. The fraction of sp³-hybridized carbons (Fsp3) is 1.00. The molecule has 0 saturated heterocycles. The van der Waals surface area contributed by atoms with Crippen LogP contribution in [0, 0.1) is 5.92 Å². The Bertz CT molecular complexity index is 104. The van der Waals surface area contributed by atoms with Gasteiger partial charge in [-0.2, -0.15) is 0 Å². The van der Waals surface area contributed by atoms with Crippen LogP contribution >= 0.6 is 0 Å². The Hall–Kier alpha value is -0.0800. The Kier molecular flexibility index (Phi) is 8.46. The van der Waals surface area contributed by atoms with E-state index < -0.39 is 0 Å². The van der Waals surface area contributed by atoms with Gasteiger partial charge >= 0.3 is 0 Å². The number of hydrogen-bond donors (Lipinski definition) is 1. The van der Waals surface area contributed by atoms with Crippen molar-refractivity contribution in [2.24, 2.45) is 5.92 Å². The minimum atomic E-state index is 0.566. The molecule has 0 saturated carbocycles. The van der Waals surface area contributed by atoms with Crippen LogP contribution in [0.3, 0.4) is 0 Å². The summed E-state index contributed by atoms with van der Waals surface area (Å²) in [5, 5.41) is 3.33. The molecule has 1 unspecified atom stereocenters. The van der Waals surface area contributed by atoms with Crippen LogP contribution in [0.2, 0.25) is 0 Å². The number of nitrogens with one attached hydrogen (secondary N) is 1. The molecule has 0 fully saturated rings. The first-order valence-corrected chi connectivity index (χ1v) is 5.48. The standard InChI is InChI=1S/C11H25NO/c1-5-6-11(4)9-13-8-7-12-10(2)3/h10-12H,5-9H2,1-4H3. The smallest absolute Gasteiger partial charge is 0.0591 e. The molecule has 0 aromatic heterocycles. The highest BCUT2D eigenvalue weighted by atomic mass is 16.5. The summed E-state index contributed by atoms with van der Waals surface area (Å²) in [4.78, 5) is 0. The van der Waals surface area contributed by atoms with E-state index in [2.05, 4.69) is 33.0 Å². The minimum Gasteiger partial charge on any atom is -0.380 e. The molecule has 2 heteroatoms. The lowest BCUT2D eigenvalue weighted by molar-refractivity contribution is 0.102. The van der Waals surface area contributed by atoms with E-state index in [9.17, 15) is 0 Å². The maximum Gasteiger partial charge on any atom is 0.0591 e. The average Bonchev–Trinajstić information content (AvgIpc) is 2.03. The molecule has 0 rings (SSSR count). The van der Waals surface area contributed by atoms with Gasteiger partial charge in [-0.25, -0.2) is 0 Å². The summed E-state index contributed by atoms with van der Waals surface area (Å²) < 4.78 is 5.54. The molecule has 1 atom stereocenters. The summed E-state index contributed by atoms with van der Waals surface area (Å²) in [5.41, 5.74) is 0. The van der Waals surface area contributed by atoms with Crippen molar-refractivity contribution in [2.75, 3.05) is 19.8 Å². The molecule has 0 aliphatic heterocycles. The van der Waals surface area contributed by atoms with Crippen LogP contribution in [0.5, 0.6) is 0 Å². The Morgan fingerprint density at radius 2 is 1.92 bits per heavy atom. The van der Waals surface area contributed by atoms with Crippen molar-refractivity contribution in [3.8, 4) is 0 Å². The second-order valence-electron chi connectivity index (χ2n) is 4.08. The van der Waals surface area contributed by atoms with Gasteiger partial charge in [0.1, 0.15) is 0 Å². The summed E-state index contributed by atoms with van der Waals surface area (Å²) in [7, 11) is 0. The van der Waals surface area contributed by atoms with Gasteiger partial charge in [-0.3, -0.25) is 0 Å². The van der Waals surface area contributed by atoms with Crippen LogP contribution in [0.25, 0.3) is 0 Å². The first-order chi connectivity index (χ1) is 6.16. The zero-order valence-electron chi connectivity index (χ0n) is 9.60. The van der Waals surface area contributed by atoms with Crippen molar-refractivity contribution >= 4 is 0 Å². The third-order valence-corrected chi connectivity index (χ3v) is 1.98. The van der Waals surface area contributed by atoms with Gasteiger partial charge in [0, 0.05) is 19.2 Å². The average molecular weight is 187 g/mol. The topological polar surface area (TPSA) is 21.3 Å². The van der Waals surface area contributed by atoms with E-state index in [4.69, 9.17) is 4.74 Å². The first-order valence-electron chi connectivity index (χ1n) is 5.48. The van der Waals surface area contributed by atoms with E-state index in [1.807, 2.05) is 0 Å². The van der Waals surface area contributed by atoms with Crippen LogP contribution < -0.4 is 5.32 Å². The van der Waals surface area contributed by atoms with Gasteiger partial charge in [-0.1, -0.05) is 34.1 Å². The van der Waals surface area contributed by atoms with E-state index in [-0.39, 0.29) is 0 Å². The predicted molar refractivity (Wildman–Crippen MR) is 58.0 cm³/mol. The fourth-order valence-electron chi connectivity index (χ4n) is 1.28. The zero-order valence-corrected chi connectivity index (χ0v) is 9.60. The van der Waals surface area contributed by atoms with E-state index in [0.717, 1.165) is 19.8 Å². The molecule has 0 amide bonds. The van der Waals surface area contributed by atoms with Crippen LogP contribution in [-0.4, -0.2) is 25.8 Å². The Morgan fingerprint density at radius 3 is 2.46 bits per heavy atom. The maximum atomic E-state index is 5.54. The minimum absolute atomic E-state index is 0.566. The third-order valence-electron chi connectivity index (χ3n) is 1.98. The molecule has 0 spiro atoms. The molecule has 13 heavy (non-hydrogen) atoms. The lowest BCUT2D eigenvalue weighted by atomic mass is 10.1. The molecular formula is C11H25NO. The number of ether oxygens (including phenoxy) is 1. The Morgan fingerprint density at radius 1 is 1.23 bits per heavy atom. The molecule has 0 aromatic carbocycles. The van der Waals surface area contributed by atoms with Crippen LogP contribution in [0.4, 0.5) is 0 Å². The Balaban J connectivity index is 3.06. The summed E-state index contributed by atoms with van der Waals surface area (Å²) in [6, 6.07) is 0.566. The van der Waals surface area contributed by atoms with E-state index in [1.54, 1.807) is 0 Å². The third kappa shape index (κ3) is 9.84. The van der Waals surface area contributed by atoms with Gasteiger partial charge in [0.2, 0.25) is 0 Å². The lowest BCUT2D eigenvalue weighted by Gasteiger charge is -2.12. The Labute approximate surface area is 83.1 Å². The van der Waals surface area contributed by atoms with E-state index >= 15 is 0 Å². The predicted octanol–water partition coefficient (Wildman–Crippen LogP) is 2.44. The molecule has 1 N–H and O–H groups in total. The lowest BCUT2D eigenvalue weighted by Crippen LogP contribution is -2.27. The van der Waals surface area contributed by atoms with Gasteiger partial charge in [-0.15, -0.1) is 0 Å². The van der Waals surface area contributed by atoms with Crippen molar-refractivity contribution in [3.63, 3.8) is 0 Å². The molecular weight excluding hydrogens is 162 g/mol. The number of rotatable bonds is 8. The van der Waals surface area contributed by atoms with Gasteiger partial charge in [0.05, 0.1) is 6.61 Å². The molecule has 0 heterocycles. The van der Waals surface area contributed by atoms with Gasteiger partial charge < -0.3 is 10.1 Å². The highest BCUT2D eigenvalue weighted by molar-refractivity contribution is 4.53. The SMILES string of the molecule is CCCC(C)COCCNC(C)C. The second kappa shape index (κ2) is 8.52. The molecule has 0 bridgehead atoms. The summed E-state index contributed by atoms with van der Waals surface area (Å²) in [6.07, 6.45) is 2.53. The van der Waals surface area contributed by atoms with Crippen molar-refractivity contribution in [3.05, 3.63) is 0 Å². The first kappa shape index (κ1) is 12.9. The van der Waals surface area contributed by atoms with E-state index in [1.165, 1.54) is 12.8 Å². The quantitative estimate of drug-likeness (QED) is 0.589. The van der Waals surface area contributed by atoms with Gasteiger partial charge in [0.15, 0.2) is 0 Å². The molecule has 80 valence electrons. The van der Waals surface area contributed by atoms with E-state index in [0.29, 0.717) is 12.0 Å². The van der Waals surface area contributed by atoms with Crippen molar-refractivity contribution < 1.29 is 4.74 Å². The summed E-state index contributed by atoms with van der Waals surface area (Å²) in [5.74, 6) is 0.712. The largest absolute Gasteiger partial charge is 0.380 e. The molecule has 2 nitrogen and oxygen atoms in total. The normalized spacial score (nSPS) is 13.6. The molecule has 0 aliphatic rings. The van der Waals surface area contributed by atoms with Crippen LogP contribution in [0.1, 0.15) is 40.5 Å². The fourth-order valence-corrected chi connectivity index (χ4v) is 1.28. The van der Waals surface area contributed by atoms with Crippen LogP contribution in [0.15, 0.2) is 0 Å². The van der Waals surface area contributed by atoms with Crippen LogP contribution in [-0.2, 0) is 4.74 Å². The van der Waals surface area contributed by atoms with Crippen molar-refractivity contribution in [2.45, 2.75) is 46.6 Å². The van der Waals surface area contributed by atoms with Crippen molar-refractivity contribution in [1.29, 1.82) is 0 Å². The van der Waals surface area contributed by atoms with Gasteiger partial charge in [0.25, 0.3) is 0 Å². The highest BCUT2D eigenvalue weighted by Gasteiger charge is 1.99. The van der Waals surface area contributed by atoms with Gasteiger partial charge in [-0.05, 0) is 12.3 Å². The molecule has 0 aromatic rings. The number of hydrogen-bond acceptors (Lipinski definition) is 2. The maximum absolute atomic E-state index is 5.54. The highest BCUT2D eigenvalue weighted by Crippen LogP contribution is 2.04. The molecule has 0 aliphatic carbocycles. The van der Waals surface area contributed by atoms with Crippen molar-refractivity contribution in [1.82, 2.24) is 5.32 Å². The summed E-state index contributed by atoms with van der Waals surface area (Å²) >= 11 is 0. The monoisotopic (exact) mass is 187 g/mol. The molecule has 0 radical (unpaired) electrons. The zero-order chi connectivity index (χ0) is 10.1.